The fourth-order valence-electron chi connectivity index (χ4n) is 1.76. The Labute approximate surface area is 104 Å². The number of piperazine rings is 1. The number of hydrogen-bond donors (Lipinski definition) is 1. The van der Waals surface area contributed by atoms with Crippen LogP contribution < -0.4 is 4.90 Å². The number of amides is 1. The van der Waals surface area contributed by atoms with Crippen LogP contribution in [0, 0.1) is 0 Å². The molecule has 2 heterocycles. The average Bonchev–Trinajstić information content (AvgIpc) is 2.39. The summed E-state index contributed by atoms with van der Waals surface area (Å²) in [4.78, 5) is 33.4. The zero-order valence-electron chi connectivity index (χ0n) is 10.0. The topological polar surface area (TPSA) is 86.6 Å². The van der Waals surface area contributed by atoms with Crippen LogP contribution in [-0.4, -0.2) is 58.0 Å². The summed E-state index contributed by atoms with van der Waals surface area (Å²) in [6, 6.07) is 0. The van der Waals surface area contributed by atoms with E-state index in [1.807, 2.05) is 4.90 Å². The maximum absolute atomic E-state index is 11.1. The molecule has 0 saturated carbocycles. The molecule has 1 saturated heterocycles. The number of carbonyl (C=O) groups is 2. The molecule has 96 valence electrons. The smallest absolute Gasteiger partial charge is 0.407 e. The molecule has 0 aliphatic carbocycles. The first-order valence-electron chi connectivity index (χ1n) is 5.63. The van der Waals surface area contributed by atoms with Gasteiger partial charge in [-0.1, -0.05) is 0 Å². The Morgan fingerprint density at radius 2 is 1.72 bits per heavy atom. The van der Waals surface area contributed by atoms with Crippen LogP contribution in [0.2, 0.25) is 0 Å². The van der Waals surface area contributed by atoms with E-state index in [0.717, 1.165) is 0 Å². The van der Waals surface area contributed by atoms with E-state index in [1.165, 1.54) is 24.2 Å². The standard InChI is InChI=1S/C11H14N4O3/c1-8(16)9-6-12-10(13-7-9)14-2-4-15(5-3-14)11(17)18/h6-7H,2-5H2,1H3,(H,17,18). The Hall–Kier alpha value is -2.18. The van der Waals surface area contributed by atoms with Gasteiger partial charge in [0, 0.05) is 38.6 Å². The predicted octanol–water partition coefficient (Wildman–Crippen LogP) is 0.479. The highest BCUT2D eigenvalue weighted by Gasteiger charge is 2.21. The molecule has 0 radical (unpaired) electrons. The van der Waals surface area contributed by atoms with Crippen LogP contribution in [0.25, 0.3) is 0 Å². The van der Waals surface area contributed by atoms with Crippen LogP contribution in [-0.2, 0) is 0 Å². The normalized spacial score (nSPS) is 15.6. The molecule has 1 aromatic heterocycles. The molecule has 2 rings (SSSR count). The summed E-state index contributed by atoms with van der Waals surface area (Å²) in [7, 11) is 0. The van der Waals surface area contributed by atoms with Gasteiger partial charge in [-0.3, -0.25) is 4.79 Å². The monoisotopic (exact) mass is 250 g/mol. The number of aromatic nitrogens is 2. The molecule has 0 unspecified atom stereocenters. The minimum Gasteiger partial charge on any atom is -0.465 e. The molecule has 0 spiro atoms. The fourth-order valence-corrected chi connectivity index (χ4v) is 1.76. The SMILES string of the molecule is CC(=O)c1cnc(N2CCN(C(=O)O)CC2)nc1. The molecule has 1 fully saturated rings. The molecule has 1 amide bonds. The molecule has 0 atom stereocenters. The van der Waals surface area contributed by atoms with Gasteiger partial charge in [0.15, 0.2) is 5.78 Å². The Morgan fingerprint density at radius 3 is 2.17 bits per heavy atom. The van der Waals surface area contributed by atoms with Crippen molar-refractivity contribution >= 4 is 17.8 Å². The summed E-state index contributed by atoms with van der Waals surface area (Å²) in [6.45, 7) is 3.46. The number of nitrogens with zero attached hydrogens (tertiary/aromatic N) is 4. The molecule has 0 aromatic carbocycles. The molecule has 18 heavy (non-hydrogen) atoms. The molecule has 7 heteroatoms. The second-order valence-corrected chi connectivity index (χ2v) is 4.08. The molecule has 7 nitrogen and oxygen atoms in total. The minimum absolute atomic E-state index is 0.0720. The Balaban J connectivity index is 2.01. The van der Waals surface area contributed by atoms with Crippen molar-refractivity contribution in [1.29, 1.82) is 0 Å². The maximum Gasteiger partial charge on any atom is 0.407 e. The zero-order valence-corrected chi connectivity index (χ0v) is 10.0. The first-order chi connectivity index (χ1) is 8.58. The van der Waals surface area contributed by atoms with Crippen molar-refractivity contribution in [2.24, 2.45) is 0 Å². The van der Waals surface area contributed by atoms with Gasteiger partial charge in [0.1, 0.15) is 0 Å². The van der Waals surface area contributed by atoms with Crippen LogP contribution in [0.3, 0.4) is 0 Å². The minimum atomic E-state index is -0.900. The predicted molar refractivity (Wildman–Crippen MR) is 63.8 cm³/mol. The number of rotatable bonds is 2. The Morgan fingerprint density at radius 1 is 1.17 bits per heavy atom. The largest absolute Gasteiger partial charge is 0.465 e. The van der Waals surface area contributed by atoms with Crippen molar-refractivity contribution in [2.45, 2.75) is 6.92 Å². The summed E-state index contributed by atoms with van der Waals surface area (Å²) < 4.78 is 0. The molecule has 1 aliphatic heterocycles. The van der Waals surface area contributed by atoms with Crippen molar-refractivity contribution in [3.05, 3.63) is 18.0 Å². The zero-order chi connectivity index (χ0) is 13.1. The third-order valence-electron chi connectivity index (χ3n) is 2.88. The van der Waals surface area contributed by atoms with E-state index in [2.05, 4.69) is 9.97 Å². The van der Waals surface area contributed by atoms with Gasteiger partial charge in [-0.25, -0.2) is 14.8 Å². The maximum atomic E-state index is 11.1. The summed E-state index contributed by atoms with van der Waals surface area (Å²) in [5.74, 6) is 0.460. The van der Waals surface area contributed by atoms with Gasteiger partial charge in [-0.15, -0.1) is 0 Å². The highest BCUT2D eigenvalue weighted by atomic mass is 16.4. The van der Waals surface area contributed by atoms with Gasteiger partial charge in [0.05, 0.1) is 5.56 Å². The second-order valence-electron chi connectivity index (χ2n) is 4.08. The van der Waals surface area contributed by atoms with Crippen molar-refractivity contribution in [3.63, 3.8) is 0 Å². The van der Waals surface area contributed by atoms with Crippen LogP contribution >= 0.6 is 0 Å². The lowest BCUT2D eigenvalue weighted by Crippen LogP contribution is -2.48. The van der Waals surface area contributed by atoms with Crippen molar-refractivity contribution in [1.82, 2.24) is 14.9 Å². The van der Waals surface area contributed by atoms with Gasteiger partial charge < -0.3 is 14.9 Å². The first-order valence-corrected chi connectivity index (χ1v) is 5.63. The van der Waals surface area contributed by atoms with E-state index >= 15 is 0 Å². The summed E-state index contributed by atoms with van der Waals surface area (Å²) in [6.07, 6.45) is 2.09. The van der Waals surface area contributed by atoms with Crippen LogP contribution in [0.5, 0.6) is 0 Å². The summed E-state index contributed by atoms with van der Waals surface area (Å²) in [5.41, 5.74) is 0.475. The highest BCUT2D eigenvalue weighted by molar-refractivity contribution is 5.93. The lowest BCUT2D eigenvalue weighted by atomic mass is 10.2. The van der Waals surface area contributed by atoms with E-state index in [9.17, 15) is 9.59 Å². The number of hydrogen-bond acceptors (Lipinski definition) is 5. The van der Waals surface area contributed by atoms with E-state index in [1.54, 1.807) is 0 Å². The molecular formula is C11H14N4O3. The number of carbonyl (C=O) groups excluding carboxylic acids is 1. The van der Waals surface area contributed by atoms with Gasteiger partial charge in [-0.05, 0) is 6.92 Å². The van der Waals surface area contributed by atoms with Crippen LogP contribution in [0.1, 0.15) is 17.3 Å². The third kappa shape index (κ3) is 2.55. The second kappa shape index (κ2) is 4.99. The molecule has 1 N–H and O–H groups in total. The van der Waals surface area contributed by atoms with Crippen LogP contribution in [0.15, 0.2) is 12.4 Å². The van der Waals surface area contributed by atoms with Crippen molar-refractivity contribution in [2.75, 3.05) is 31.1 Å². The first kappa shape index (κ1) is 12.3. The lowest BCUT2D eigenvalue weighted by Gasteiger charge is -2.32. The highest BCUT2D eigenvalue weighted by Crippen LogP contribution is 2.11. The van der Waals surface area contributed by atoms with Crippen LogP contribution in [0.4, 0.5) is 10.7 Å². The van der Waals surface area contributed by atoms with E-state index in [-0.39, 0.29) is 5.78 Å². The Kier molecular flexibility index (Phi) is 3.40. The Bertz CT molecular complexity index is 452. The van der Waals surface area contributed by atoms with E-state index in [4.69, 9.17) is 5.11 Å². The third-order valence-corrected chi connectivity index (χ3v) is 2.88. The molecule has 0 bridgehead atoms. The average molecular weight is 250 g/mol. The number of Topliss-reactive ketones (excluding diaryl/α,β-unsaturated/α-hetero) is 1. The molecule has 1 aromatic rings. The lowest BCUT2D eigenvalue weighted by molar-refractivity contribution is 0.101. The van der Waals surface area contributed by atoms with E-state index in [0.29, 0.717) is 37.7 Å². The van der Waals surface area contributed by atoms with Crippen molar-refractivity contribution < 1.29 is 14.7 Å². The van der Waals surface area contributed by atoms with Gasteiger partial charge in [0.25, 0.3) is 0 Å². The fraction of sp³-hybridized carbons (Fsp3) is 0.455. The van der Waals surface area contributed by atoms with Gasteiger partial charge >= 0.3 is 6.09 Å². The summed E-state index contributed by atoms with van der Waals surface area (Å²) in [5, 5.41) is 8.83. The molecular weight excluding hydrogens is 236 g/mol. The molecule has 1 aliphatic rings. The summed E-state index contributed by atoms with van der Waals surface area (Å²) >= 11 is 0. The van der Waals surface area contributed by atoms with Gasteiger partial charge in [-0.2, -0.15) is 0 Å². The number of carboxylic acid groups (broad SMARTS) is 1. The van der Waals surface area contributed by atoms with Gasteiger partial charge in [0.2, 0.25) is 5.95 Å². The van der Waals surface area contributed by atoms with E-state index < -0.39 is 6.09 Å². The number of anilines is 1. The number of ketones is 1. The van der Waals surface area contributed by atoms with Crippen molar-refractivity contribution in [3.8, 4) is 0 Å². The quantitative estimate of drug-likeness (QED) is 0.768.